The summed E-state index contributed by atoms with van der Waals surface area (Å²) in [5.74, 6) is 0.304. The molecule has 0 aliphatic heterocycles. The largest absolute Gasteiger partial charge is 0.457 e. The van der Waals surface area contributed by atoms with E-state index >= 15 is 0 Å². The van der Waals surface area contributed by atoms with E-state index in [1.54, 1.807) is 29.1 Å². The monoisotopic (exact) mass is 490 g/mol. The van der Waals surface area contributed by atoms with Gasteiger partial charge in [0, 0.05) is 23.9 Å². The molecule has 0 saturated carbocycles. The smallest absolute Gasteiger partial charge is 0.275 e. The molecular formula is C29H22N4O4. The molecule has 5 aromatic rings. The number of benzene rings is 4. The number of para-hydroxylation sites is 1. The van der Waals surface area contributed by atoms with Crippen molar-refractivity contribution in [3.05, 3.63) is 131 Å². The molecule has 0 radical (unpaired) electrons. The normalized spacial score (nSPS) is 10.6. The van der Waals surface area contributed by atoms with E-state index in [1.165, 1.54) is 12.1 Å². The van der Waals surface area contributed by atoms with Gasteiger partial charge in [0.2, 0.25) is 0 Å². The topological polar surface area (TPSA) is 99.3 Å². The van der Waals surface area contributed by atoms with Gasteiger partial charge < -0.3 is 10.1 Å². The van der Waals surface area contributed by atoms with Crippen molar-refractivity contribution in [2.24, 2.45) is 0 Å². The molecule has 37 heavy (non-hydrogen) atoms. The lowest BCUT2D eigenvalue weighted by Gasteiger charge is -2.10. The first-order valence-electron chi connectivity index (χ1n) is 11.5. The number of hydrogen-bond acceptors (Lipinski definition) is 5. The number of nitrogens with zero attached hydrogens (tertiary/aromatic N) is 3. The Hall–Kier alpha value is -5.24. The minimum atomic E-state index is -0.527. The van der Waals surface area contributed by atoms with Gasteiger partial charge in [0.1, 0.15) is 17.2 Å². The molecule has 8 nitrogen and oxygen atoms in total. The van der Waals surface area contributed by atoms with Crippen LogP contribution in [0, 0.1) is 17.0 Å². The summed E-state index contributed by atoms with van der Waals surface area (Å²) in [6.45, 7) is 1.95. The van der Waals surface area contributed by atoms with E-state index in [0.29, 0.717) is 17.0 Å². The minimum absolute atomic E-state index is 0.205. The number of nitro benzene ring substituents is 1. The van der Waals surface area contributed by atoms with Gasteiger partial charge in [0.05, 0.1) is 27.9 Å². The molecule has 1 N–H and O–H groups in total. The molecule has 1 amide bonds. The molecule has 0 unspecified atom stereocenters. The molecule has 0 bridgehead atoms. The van der Waals surface area contributed by atoms with Crippen LogP contribution in [0.5, 0.6) is 11.5 Å². The number of nitrogens with one attached hydrogen (secondary N) is 1. The lowest BCUT2D eigenvalue weighted by molar-refractivity contribution is -0.384. The van der Waals surface area contributed by atoms with Crippen LogP contribution < -0.4 is 10.1 Å². The maximum Gasteiger partial charge on any atom is 0.275 e. The van der Waals surface area contributed by atoms with Gasteiger partial charge in [0.25, 0.3) is 11.6 Å². The average molecular weight is 491 g/mol. The molecule has 1 aromatic heterocycles. The number of hydrogen-bond donors (Lipinski definition) is 1. The molecule has 5 rings (SSSR count). The predicted molar refractivity (Wildman–Crippen MR) is 141 cm³/mol. The highest BCUT2D eigenvalue weighted by atomic mass is 16.6. The van der Waals surface area contributed by atoms with Crippen molar-refractivity contribution in [2.45, 2.75) is 6.92 Å². The molecule has 4 aromatic carbocycles. The highest BCUT2D eigenvalue weighted by molar-refractivity contribution is 6.08. The van der Waals surface area contributed by atoms with Crippen LogP contribution in [0.1, 0.15) is 15.9 Å². The van der Waals surface area contributed by atoms with Crippen LogP contribution in [-0.4, -0.2) is 20.6 Å². The molecule has 8 heteroatoms. The summed E-state index contributed by atoms with van der Waals surface area (Å²) in [5.41, 5.74) is 3.46. The van der Waals surface area contributed by atoms with Crippen molar-refractivity contribution in [3.63, 3.8) is 0 Å². The Kier molecular flexibility index (Phi) is 6.46. The van der Waals surface area contributed by atoms with Gasteiger partial charge in [0.15, 0.2) is 0 Å². The van der Waals surface area contributed by atoms with Gasteiger partial charge in [-0.15, -0.1) is 0 Å². The number of amides is 1. The second-order valence-corrected chi connectivity index (χ2v) is 8.38. The van der Waals surface area contributed by atoms with Gasteiger partial charge in [-0.05, 0) is 31.2 Å². The number of carbonyl (C=O) groups is 1. The number of nitro groups is 1. The molecule has 182 valence electrons. The summed E-state index contributed by atoms with van der Waals surface area (Å²) in [4.78, 5) is 24.5. The third-order valence-electron chi connectivity index (χ3n) is 5.64. The number of ether oxygens (including phenoxy) is 1. The standard InChI is InChI=1S/C29H22N4O4/c1-20-12-14-25(15-13-20)37-26-17-22(16-24(18-26)33(35)36)30-29(34)27-19-32(23-10-6-3-7-11-23)31-28(27)21-8-4-2-5-9-21/h2-19H,1H3,(H,30,34). The molecule has 0 spiro atoms. The lowest BCUT2D eigenvalue weighted by Crippen LogP contribution is -2.12. The zero-order valence-corrected chi connectivity index (χ0v) is 19.9. The second-order valence-electron chi connectivity index (χ2n) is 8.38. The molecule has 0 saturated heterocycles. The Balaban J connectivity index is 1.50. The van der Waals surface area contributed by atoms with E-state index in [9.17, 15) is 14.9 Å². The number of rotatable bonds is 7. The lowest BCUT2D eigenvalue weighted by atomic mass is 10.1. The van der Waals surface area contributed by atoms with Crippen molar-refractivity contribution in [2.75, 3.05) is 5.32 Å². The van der Waals surface area contributed by atoms with Crippen molar-refractivity contribution in [1.29, 1.82) is 0 Å². The first kappa shape index (κ1) is 23.5. The van der Waals surface area contributed by atoms with E-state index in [0.717, 1.165) is 16.8 Å². The predicted octanol–water partition coefficient (Wildman–Crippen LogP) is 6.80. The zero-order valence-electron chi connectivity index (χ0n) is 19.9. The van der Waals surface area contributed by atoms with Crippen LogP contribution in [0.25, 0.3) is 16.9 Å². The van der Waals surface area contributed by atoms with Crippen LogP contribution in [0.3, 0.4) is 0 Å². The molecule has 0 fully saturated rings. The van der Waals surface area contributed by atoms with E-state index < -0.39 is 10.8 Å². The van der Waals surface area contributed by atoms with Gasteiger partial charge in [-0.1, -0.05) is 66.2 Å². The third-order valence-corrected chi connectivity index (χ3v) is 5.64. The fraction of sp³-hybridized carbons (Fsp3) is 0.0345. The average Bonchev–Trinajstić information content (AvgIpc) is 3.37. The van der Waals surface area contributed by atoms with E-state index in [1.807, 2.05) is 79.7 Å². The Morgan fingerprint density at radius 3 is 2.24 bits per heavy atom. The van der Waals surface area contributed by atoms with Crippen LogP contribution in [-0.2, 0) is 0 Å². The fourth-order valence-electron chi connectivity index (χ4n) is 3.82. The molecule has 0 aliphatic rings. The Morgan fingerprint density at radius 1 is 0.892 bits per heavy atom. The summed E-state index contributed by atoms with van der Waals surface area (Å²) >= 11 is 0. The zero-order chi connectivity index (χ0) is 25.8. The minimum Gasteiger partial charge on any atom is -0.457 e. The third kappa shape index (κ3) is 5.38. The van der Waals surface area contributed by atoms with Gasteiger partial charge in [-0.3, -0.25) is 14.9 Å². The number of aromatic nitrogens is 2. The van der Waals surface area contributed by atoms with Crippen LogP contribution in [0.15, 0.2) is 109 Å². The second kappa shape index (κ2) is 10.2. The summed E-state index contributed by atoms with van der Waals surface area (Å²) in [6, 6.07) is 30.3. The van der Waals surface area contributed by atoms with Crippen LogP contribution in [0.4, 0.5) is 11.4 Å². The Labute approximate surface area is 212 Å². The molecule has 1 heterocycles. The van der Waals surface area contributed by atoms with Gasteiger partial charge in [-0.2, -0.15) is 5.10 Å². The van der Waals surface area contributed by atoms with Gasteiger partial charge in [-0.25, -0.2) is 4.68 Å². The Bertz CT molecular complexity index is 1560. The van der Waals surface area contributed by atoms with Crippen molar-refractivity contribution < 1.29 is 14.5 Å². The highest BCUT2D eigenvalue weighted by Gasteiger charge is 2.20. The van der Waals surface area contributed by atoms with E-state index in [2.05, 4.69) is 10.4 Å². The van der Waals surface area contributed by atoms with Crippen LogP contribution in [0.2, 0.25) is 0 Å². The number of carbonyl (C=O) groups excluding carboxylic acids is 1. The Morgan fingerprint density at radius 2 is 1.57 bits per heavy atom. The van der Waals surface area contributed by atoms with Crippen molar-refractivity contribution >= 4 is 17.3 Å². The quantitative estimate of drug-likeness (QED) is 0.200. The summed E-state index contributed by atoms with van der Waals surface area (Å²) in [5, 5.41) is 19.0. The number of anilines is 1. The molecule has 0 atom stereocenters. The van der Waals surface area contributed by atoms with Crippen molar-refractivity contribution in [3.8, 4) is 28.4 Å². The van der Waals surface area contributed by atoms with E-state index in [-0.39, 0.29) is 17.1 Å². The highest BCUT2D eigenvalue weighted by Crippen LogP contribution is 2.31. The van der Waals surface area contributed by atoms with Crippen LogP contribution >= 0.6 is 0 Å². The SMILES string of the molecule is Cc1ccc(Oc2cc(NC(=O)c3cn(-c4ccccc4)nc3-c3ccccc3)cc([N+](=O)[O-])c2)cc1. The first-order valence-corrected chi connectivity index (χ1v) is 11.5. The fourth-order valence-corrected chi connectivity index (χ4v) is 3.82. The summed E-state index contributed by atoms with van der Waals surface area (Å²) < 4.78 is 7.47. The van der Waals surface area contributed by atoms with E-state index in [4.69, 9.17) is 4.74 Å². The molecule has 0 aliphatic carbocycles. The summed E-state index contributed by atoms with van der Waals surface area (Å²) in [7, 11) is 0. The number of aryl methyl sites for hydroxylation is 1. The summed E-state index contributed by atoms with van der Waals surface area (Å²) in [6.07, 6.45) is 1.65. The molecular weight excluding hydrogens is 468 g/mol. The van der Waals surface area contributed by atoms with Crippen molar-refractivity contribution in [1.82, 2.24) is 9.78 Å². The maximum atomic E-state index is 13.5. The number of non-ortho nitro benzene ring substituents is 1. The maximum absolute atomic E-state index is 13.5. The van der Waals surface area contributed by atoms with Gasteiger partial charge >= 0.3 is 0 Å². The first-order chi connectivity index (χ1) is 18.0.